The number of carbonyl (C=O) groups is 1. The van der Waals surface area contributed by atoms with Gasteiger partial charge in [-0.25, -0.2) is 0 Å². The van der Waals surface area contributed by atoms with Crippen LogP contribution in [-0.4, -0.2) is 21.7 Å². The Morgan fingerprint density at radius 1 is 1.39 bits per heavy atom. The smallest absolute Gasteiger partial charge is 0.266 e. The number of carbonyl (C=O) groups excluding carboxylic acids is 1. The second-order valence-electron chi connectivity index (χ2n) is 5.76. The lowest BCUT2D eigenvalue weighted by Gasteiger charge is -2.21. The molecule has 1 atom stereocenters. The first-order valence-corrected chi connectivity index (χ1v) is 9.66. The van der Waals surface area contributed by atoms with Crippen LogP contribution >= 0.6 is 35.6 Å². The van der Waals surface area contributed by atoms with E-state index in [2.05, 4.69) is 13.8 Å². The van der Waals surface area contributed by atoms with E-state index in [0.717, 1.165) is 24.9 Å². The summed E-state index contributed by atoms with van der Waals surface area (Å²) in [4.78, 5) is 15.1. The van der Waals surface area contributed by atoms with E-state index in [1.54, 1.807) is 4.90 Å². The standard InChI is InChI=1S/C18H22ClNOS2/c1-3-5-7-13(4-2)12-20-17(21)16(23-18(20)22)11-14-8-6-9-15(19)10-14/h6,8-11,13H,3-5,7,12H2,1-2H3/b16-11+/t13-/m1/s1. The fourth-order valence-electron chi connectivity index (χ4n) is 2.58. The van der Waals surface area contributed by atoms with Crippen LogP contribution in [0.3, 0.4) is 0 Å². The molecular formula is C18H22ClNOS2. The molecule has 1 amide bonds. The lowest BCUT2D eigenvalue weighted by Crippen LogP contribution is -2.33. The van der Waals surface area contributed by atoms with Crippen molar-refractivity contribution in [3.8, 4) is 0 Å². The SMILES string of the molecule is CCCC[C@@H](CC)CN1C(=O)/C(=C\c2cccc(Cl)c2)SC1=S. The van der Waals surface area contributed by atoms with Crippen molar-refractivity contribution in [1.82, 2.24) is 4.90 Å². The van der Waals surface area contributed by atoms with E-state index in [4.69, 9.17) is 23.8 Å². The Labute approximate surface area is 153 Å². The molecule has 124 valence electrons. The molecule has 2 rings (SSSR count). The molecule has 0 aliphatic carbocycles. The summed E-state index contributed by atoms with van der Waals surface area (Å²) in [6.45, 7) is 5.11. The molecule has 0 spiro atoms. The van der Waals surface area contributed by atoms with Crippen molar-refractivity contribution in [3.63, 3.8) is 0 Å². The minimum atomic E-state index is 0.0231. The van der Waals surface area contributed by atoms with Gasteiger partial charge in [-0.2, -0.15) is 0 Å². The second kappa shape index (κ2) is 8.86. The minimum absolute atomic E-state index is 0.0231. The molecule has 1 aromatic carbocycles. The van der Waals surface area contributed by atoms with Crippen molar-refractivity contribution in [3.05, 3.63) is 39.8 Å². The van der Waals surface area contributed by atoms with Crippen LogP contribution in [0.1, 0.15) is 45.1 Å². The van der Waals surface area contributed by atoms with E-state index < -0.39 is 0 Å². The quantitative estimate of drug-likeness (QED) is 0.451. The third kappa shape index (κ3) is 5.07. The highest BCUT2D eigenvalue weighted by molar-refractivity contribution is 8.26. The largest absolute Gasteiger partial charge is 0.293 e. The van der Waals surface area contributed by atoms with Crippen LogP contribution in [0.15, 0.2) is 29.2 Å². The van der Waals surface area contributed by atoms with Gasteiger partial charge in [-0.05, 0) is 36.1 Å². The van der Waals surface area contributed by atoms with Gasteiger partial charge in [0.15, 0.2) is 0 Å². The number of rotatable bonds is 7. The third-order valence-corrected chi connectivity index (χ3v) is 5.62. The highest BCUT2D eigenvalue weighted by Gasteiger charge is 2.33. The maximum absolute atomic E-state index is 12.6. The normalized spacial score (nSPS) is 18.0. The number of hydrogen-bond acceptors (Lipinski definition) is 3. The number of unbranched alkanes of at least 4 members (excludes halogenated alkanes) is 1. The van der Waals surface area contributed by atoms with Gasteiger partial charge in [0.25, 0.3) is 5.91 Å². The predicted molar refractivity (Wildman–Crippen MR) is 105 cm³/mol. The van der Waals surface area contributed by atoms with E-state index in [1.165, 1.54) is 24.6 Å². The Bertz CT molecular complexity index is 615. The first kappa shape index (κ1) is 18.5. The van der Waals surface area contributed by atoms with Crippen molar-refractivity contribution in [2.24, 2.45) is 5.92 Å². The Kier molecular flexibility index (Phi) is 7.12. The minimum Gasteiger partial charge on any atom is -0.293 e. The molecule has 1 aliphatic heterocycles. The maximum atomic E-state index is 12.6. The Morgan fingerprint density at radius 3 is 2.83 bits per heavy atom. The van der Waals surface area contributed by atoms with Crippen LogP contribution in [0.25, 0.3) is 6.08 Å². The van der Waals surface area contributed by atoms with Gasteiger partial charge in [0, 0.05) is 11.6 Å². The lowest BCUT2D eigenvalue weighted by molar-refractivity contribution is -0.122. The van der Waals surface area contributed by atoms with Crippen molar-refractivity contribution in [2.75, 3.05) is 6.54 Å². The highest BCUT2D eigenvalue weighted by atomic mass is 35.5. The van der Waals surface area contributed by atoms with Crippen LogP contribution in [0, 0.1) is 5.92 Å². The molecule has 0 radical (unpaired) electrons. The third-order valence-electron chi connectivity index (χ3n) is 4.00. The van der Waals surface area contributed by atoms with Gasteiger partial charge in [-0.15, -0.1) is 0 Å². The van der Waals surface area contributed by atoms with Crippen LogP contribution in [0.4, 0.5) is 0 Å². The molecule has 1 heterocycles. The van der Waals surface area contributed by atoms with E-state index in [-0.39, 0.29) is 5.91 Å². The Balaban J connectivity index is 2.10. The average Bonchev–Trinajstić information content (AvgIpc) is 2.78. The summed E-state index contributed by atoms with van der Waals surface area (Å²) in [5.41, 5.74) is 0.927. The number of thioether (sulfide) groups is 1. The first-order chi connectivity index (χ1) is 11.0. The number of thiocarbonyl (C=S) groups is 1. The van der Waals surface area contributed by atoms with Crippen LogP contribution < -0.4 is 0 Å². The molecule has 23 heavy (non-hydrogen) atoms. The predicted octanol–water partition coefficient (Wildman–Crippen LogP) is 5.76. The lowest BCUT2D eigenvalue weighted by atomic mass is 9.99. The summed E-state index contributed by atoms with van der Waals surface area (Å²) in [5.74, 6) is 0.540. The fraction of sp³-hybridized carbons (Fsp3) is 0.444. The van der Waals surface area contributed by atoms with Crippen LogP contribution in [0.2, 0.25) is 5.02 Å². The van der Waals surface area contributed by atoms with E-state index in [1.807, 2.05) is 30.3 Å². The monoisotopic (exact) mass is 367 g/mol. The summed E-state index contributed by atoms with van der Waals surface area (Å²) in [5, 5.41) is 0.667. The topological polar surface area (TPSA) is 20.3 Å². The number of nitrogens with zero attached hydrogens (tertiary/aromatic N) is 1. The molecule has 1 aliphatic rings. The van der Waals surface area contributed by atoms with Crippen molar-refractivity contribution >= 4 is 51.9 Å². The van der Waals surface area contributed by atoms with Gasteiger partial charge in [0.1, 0.15) is 4.32 Å². The van der Waals surface area contributed by atoms with Crippen molar-refractivity contribution < 1.29 is 4.79 Å². The zero-order valence-electron chi connectivity index (χ0n) is 13.5. The zero-order chi connectivity index (χ0) is 16.8. The van der Waals surface area contributed by atoms with Gasteiger partial charge in [-0.1, -0.05) is 80.8 Å². The summed E-state index contributed by atoms with van der Waals surface area (Å²) >= 11 is 12.8. The molecule has 0 unspecified atom stereocenters. The first-order valence-electron chi connectivity index (χ1n) is 8.06. The molecular weight excluding hydrogens is 346 g/mol. The maximum Gasteiger partial charge on any atom is 0.266 e. The molecule has 5 heteroatoms. The molecule has 1 saturated heterocycles. The van der Waals surface area contributed by atoms with Crippen molar-refractivity contribution in [1.29, 1.82) is 0 Å². The van der Waals surface area contributed by atoms with Gasteiger partial charge in [0.2, 0.25) is 0 Å². The number of benzene rings is 1. The van der Waals surface area contributed by atoms with Crippen molar-refractivity contribution in [2.45, 2.75) is 39.5 Å². The molecule has 1 fully saturated rings. The van der Waals surface area contributed by atoms with E-state index >= 15 is 0 Å². The summed E-state index contributed by atoms with van der Waals surface area (Å²) < 4.78 is 0.665. The summed E-state index contributed by atoms with van der Waals surface area (Å²) in [7, 11) is 0. The van der Waals surface area contributed by atoms with Crippen LogP contribution in [-0.2, 0) is 4.79 Å². The highest BCUT2D eigenvalue weighted by Crippen LogP contribution is 2.34. The van der Waals surface area contributed by atoms with E-state index in [0.29, 0.717) is 20.2 Å². The molecule has 0 bridgehead atoms. The average molecular weight is 368 g/mol. The molecule has 0 aromatic heterocycles. The van der Waals surface area contributed by atoms with Gasteiger partial charge in [-0.3, -0.25) is 9.69 Å². The number of halogens is 1. The molecule has 2 nitrogen and oxygen atoms in total. The fourth-order valence-corrected chi connectivity index (χ4v) is 4.05. The zero-order valence-corrected chi connectivity index (χ0v) is 15.9. The van der Waals surface area contributed by atoms with Gasteiger partial charge >= 0.3 is 0 Å². The molecule has 1 aromatic rings. The number of amides is 1. The molecule has 0 N–H and O–H groups in total. The van der Waals surface area contributed by atoms with E-state index in [9.17, 15) is 4.79 Å². The van der Waals surface area contributed by atoms with Gasteiger partial charge in [0.05, 0.1) is 4.91 Å². The summed E-state index contributed by atoms with van der Waals surface area (Å²) in [6, 6.07) is 7.50. The number of hydrogen-bond donors (Lipinski definition) is 0. The Morgan fingerprint density at radius 2 is 2.17 bits per heavy atom. The molecule has 0 saturated carbocycles. The van der Waals surface area contributed by atoms with Crippen LogP contribution in [0.5, 0.6) is 0 Å². The van der Waals surface area contributed by atoms with Gasteiger partial charge < -0.3 is 0 Å². The summed E-state index contributed by atoms with van der Waals surface area (Å²) in [6.07, 6.45) is 6.48. The Hall–Kier alpha value is -0.840. The second-order valence-corrected chi connectivity index (χ2v) is 7.88.